The molecule has 0 N–H and O–H groups in total. The van der Waals surface area contributed by atoms with Crippen molar-refractivity contribution in [1.29, 1.82) is 0 Å². The zero-order valence-electron chi connectivity index (χ0n) is 44.5. The molecule has 6 heteroatoms. The van der Waals surface area contributed by atoms with Gasteiger partial charge in [0.1, 0.15) is 13.2 Å². The second-order valence-electron chi connectivity index (χ2n) is 18.1. The van der Waals surface area contributed by atoms with Gasteiger partial charge in [-0.05, 0) is 122 Å². The summed E-state index contributed by atoms with van der Waals surface area (Å²) in [6.07, 6.45) is 77.7. The molecule has 69 heavy (non-hydrogen) atoms. The second-order valence-corrected chi connectivity index (χ2v) is 18.1. The summed E-state index contributed by atoms with van der Waals surface area (Å²) in [5.41, 5.74) is 0. The Kier molecular flexibility index (Phi) is 53.0. The van der Waals surface area contributed by atoms with Gasteiger partial charge in [-0.25, -0.2) is 0 Å². The molecule has 1 atom stereocenters. The van der Waals surface area contributed by atoms with Crippen molar-refractivity contribution in [3.63, 3.8) is 0 Å². The molecule has 0 unspecified atom stereocenters. The first-order chi connectivity index (χ1) is 34.0. The summed E-state index contributed by atoms with van der Waals surface area (Å²) in [5.74, 6) is -1.02. The number of carbonyl (C=O) groups excluding carboxylic acids is 3. The summed E-state index contributed by atoms with van der Waals surface area (Å²) in [7, 11) is 0. The highest BCUT2D eigenvalue weighted by Gasteiger charge is 2.19. The Morgan fingerprint density at radius 1 is 0.304 bits per heavy atom. The van der Waals surface area contributed by atoms with E-state index in [-0.39, 0.29) is 44.0 Å². The lowest BCUT2D eigenvalue weighted by atomic mass is 10.1. The molecule has 0 rings (SSSR count). The molecule has 0 fully saturated rings. The van der Waals surface area contributed by atoms with Crippen molar-refractivity contribution < 1.29 is 28.6 Å². The first-order valence-electron chi connectivity index (χ1n) is 28.0. The van der Waals surface area contributed by atoms with Crippen LogP contribution in [-0.4, -0.2) is 37.2 Å². The smallest absolute Gasteiger partial charge is 0.306 e. The minimum atomic E-state index is -0.827. The Labute approximate surface area is 424 Å². The summed E-state index contributed by atoms with van der Waals surface area (Å²) in [5, 5.41) is 0. The van der Waals surface area contributed by atoms with Gasteiger partial charge < -0.3 is 14.2 Å². The monoisotopic (exact) mass is 955 g/mol. The van der Waals surface area contributed by atoms with Crippen molar-refractivity contribution >= 4 is 17.9 Å². The van der Waals surface area contributed by atoms with E-state index in [1.54, 1.807) is 0 Å². The van der Waals surface area contributed by atoms with Gasteiger partial charge in [0.2, 0.25) is 0 Å². The topological polar surface area (TPSA) is 78.9 Å². The maximum atomic E-state index is 12.8. The zero-order chi connectivity index (χ0) is 50.0. The summed E-state index contributed by atoms with van der Waals surface area (Å²) in [4.78, 5) is 38.1. The normalized spacial score (nSPS) is 13.0. The van der Waals surface area contributed by atoms with Gasteiger partial charge in [0, 0.05) is 19.3 Å². The minimum Gasteiger partial charge on any atom is -0.462 e. The van der Waals surface area contributed by atoms with E-state index in [1.165, 1.54) is 89.9 Å². The van der Waals surface area contributed by atoms with Crippen molar-refractivity contribution in [2.24, 2.45) is 0 Å². The number of carbonyl (C=O) groups is 3. The molecule has 0 radical (unpaired) electrons. The van der Waals surface area contributed by atoms with E-state index >= 15 is 0 Å². The Bertz CT molecular complexity index is 1470. The first-order valence-corrected chi connectivity index (χ1v) is 28.0. The largest absolute Gasteiger partial charge is 0.462 e. The standard InChI is InChI=1S/C63H102O6/c1-4-7-10-13-16-19-22-25-28-30-31-33-36-38-41-44-47-50-53-56-62(65)68-59-60(69-63(66)57-54-51-48-45-42-39-34-27-24-21-18-15-12-9-6-3)58-67-61(64)55-52-49-46-43-40-37-35-32-29-26-23-20-17-14-11-8-5-2/h8-9,11-12,17-18,20-21,25-29,34-35,37,42-43,45-46,60H,4-7,10,13-16,19,22-24,30-33,36,38-41,44,47-59H2,1-3H3/b11-8-,12-9-,20-17-,21-18-,28-25-,29-26-,34-27-,37-35-,45-42-,46-43-/t60-/m1/s1. The van der Waals surface area contributed by atoms with Crippen molar-refractivity contribution in [3.05, 3.63) is 122 Å². The molecule has 0 aromatic heterocycles. The van der Waals surface area contributed by atoms with Crippen LogP contribution in [0.2, 0.25) is 0 Å². The highest BCUT2D eigenvalue weighted by Crippen LogP contribution is 2.14. The molecule has 0 aromatic carbocycles. The molecule has 0 heterocycles. The van der Waals surface area contributed by atoms with E-state index in [0.29, 0.717) is 19.3 Å². The lowest BCUT2D eigenvalue weighted by Gasteiger charge is -2.18. The summed E-state index contributed by atoms with van der Waals surface area (Å²) < 4.78 is 16.8. The molecule has 0 amide bonds. The van der Waals surface area contributed by atoms with Gasteiger partial charge in [-0.3, -0.25) is 14.4 Å². The molecular formula is C63H102O6. The molecule has 6 nitrogen and oxygen atoms in total. The average molecular weight is 956 g/mol. The van der Waals surface area contributed by atoms with Crippen LogP contribution in [0.3, 0.4) is 0 Å². The molecule has 0 aliphatic heterocycles. The molecule has 0 saturated carbocycles. The summed E-state index contributed by atoms with van der Waals surface area (Å²) in [6.45, 7) is 6.32. The van der Waals surface area contributed by atoms with Crippen LogP contribution in [0.15, 0.2) is 122 Å². The van der Waals surface area contributed by atoms with Gasteiger partial charge in [-0.2, -0.15) is 0 Å². The molecule has 0 aliphatic carbocycles. The maximum absolute atomic E-state index is 12.8. The maximum Gasteiger partial charge on any atom is 0.306 e. The number of rotatable bonds is 49. The average Bonchev–Trinajstić information content (AvgIpc) is 3.35. The SMILES string of the molecule is CC/C=C\C/C=C\C/C=C\C/C=C\C/C=C\CCCC(=O)OC[C@H](COC(=O)CCCCCCCCCCC/C=C\CCCCCCCC)OC(=O)CCCC/C=C\C/C=C\C/C=C\C/C=C\CC. The van der Waals surface area contributed by atoms with Crippen LogP contribution in [0.5, 0.6) is 0 Å². The lowest BCUT2D eigenvalue weighted by Crippen LogP contribution is -2.30. The van der Waals surface area contributed by atoms with Crippen molar-refractivity contribution in [1.82, 2.24) is 0 Å². The fraction of sp³-hybridized carbons (Fsp3) is 0.635. The Morgan fingerprint density at radius 2 is 0.580 bits per heavy atom. The predicted octanol–water partition coefficient (Wildman–Crippen LogP) is 18.9. The van der Waals surface area contributed by atoms with E-state index in [1.807, 2.05) is 0 Å². The second kappa shape index (κ2) is 56.4. The van der Waals surface area contributed by atoms with Gasteiger partial charge in [0.15, 0.2) is 6.10 Å². The molecule has 0 saturated heterocycles. The van der Waals surface area contributed by atoms with Crippen LogP contribution < -0.4 is 0 Å². The first kappa shape index (κ1) is 64.8. The molecule has 390 valence electrons. The van der Waals surface area contributed by atoms with Gasteiger partial charge >= 0.3 is 17.9 Å². The summed E-state index contributed by atoms with van der Waals surface area (Å²) >= 11 is 0. The van der Waals surface area contributed by atoms with Crippen molar-refractivity contribution in [3.8, 4) is 0 Å². The van der Waals surface area contributed by atoms with Crippen LogP contribution in [0.1, 0.15) is 239 Å². The van der Waals surface area contributed by atoms with Crippen LogP contribution in [0.25, 0.3) is 0 Å². The van der Waals surface area contributed by atoms with Gasteiger partial charge in [0.05, 0.1) is 0 Å². The quantitative estimate of drug-likeness (QED) is 0.0262. The van der Waals surface area contributed by atoms with Crippen LogP contribution >= 0.6 is 0 Å². The number of unbranched alkanes of at least 4 members (excludes halogenated alkanes) is 18. The molecular weight excluding hydrogens is 853 g/mol. The highest BCUT2D eigenvalue weighted by atomic mass is 16.6. The predicted molar refractivity (Wildman–Crippen MR) is 297 cm³/mol. The van der Waals surface area contributed by atoms with Crippen molar-refractivity contribution in [2.45, 2.75) is 245 Å². The zero-order valence-corrected chi connectivity index (χ0v) is 44.5. The van der Waals surface area contributed by atoms with E-state index < -0.39 is 6.10 Å². The van der Waals surface area contributed by atoms with E-state index in [0.717, 1.165) is 96.3 Å². The van der Waals surface area contributed by atoms with Gasteiger partial charge in [-0.15, -0.1) is 0 Å². The summed E-state index contributed by atoms with van der Waals surface area (Å²) in [6, 6.07) is 0. The van der Waals surface area contributed by atoms with E-state index in [2.05, 4.69) is 142 Å². The fourth-order valence-electron chi connectivity index (χ4n) is 7.29. The van der Waals surface area contributed by atoms with E-state index in [9.17, 15) is 14.4 Å². The number of ether oxygens (including phenoxy) is 3. The molecule has 0 aromatic rings. The van der Waals surface area contributed by atoms with E-state index in [4.69, 9.17) is 14.2 Å². The fourth-order valence-corrected chi connectivity index (χ4v) is 7.29. The minimum absolute atomic E-state index is 0.116. The molecule has 0 spiro atoms. The third kappa shape index (κ3) is 54.6. The van der Waals surface area contributed by atoms with Crippen LogP contribution in [-0.2, 0) is 28.6 Å². The third-order valence-corrected chi connectivity index (χ3v) is 11.4. The molecule has 0 bridgehead atoms. The van der Waals surface area contributed by atoms with Gasteiger partial charge in [-0.1, -0.05) is 219 Å². The number of allylic oxidation sites excluding steroid dienone is 20. The van der Waals surface area contributed by atoms with Gasteiger partial charge in [0.25, 0.3) is 0 Å². The molecule has 0 aliphatic rings. The van der Waals surface area contributed by atoms with Crippen LogP contribution in [0, 0.1) is 0 Å². The van der Waals surface area contributed by atoms with Crippen LogP contribution in [0.4, 0.5) is 0 Å². The Hall–Kier alpha value is -4.19. The Balaban J connectivity index is 4.52. The number of esters is 3. The number of hydrogen-bond acceptors (Lipinski definition) is 6. The van der Waals surface area contributed by atoms with Crippen molar-refractivity contribution in [2.75, 3.05) is 13.2 Å². The number of hydrogen-bond donors (Lipinski definition) is 0. The third-order valence-electron chi connectivity index (χ3n) is 11.4. The Morgan fingerprint density at radius 3 is 0.986 bits per heavy atom. The highest BCUT2D eigenvalue weighted by molar-refractivity contribution is 5.71. The lowest BCUT2D eigenvalue weighted by molar-refractivity contribution is -0.167.